The molecule has 0 atom stereocenters. The number of carbonyl (C=O) groups is 3. The van der Waals surface area contributed by atoms with Gasteiger partial charge >= 0.3 is 0 Å². The van der Waals surface area contributed by atoms with E-state index < -0.39 is 23.5 Å². The quantitative estimate of drug-likeness (QED) is 0.759. The number of imide groups is 1. The van der Waals surface area contributed by atoms with E-state index in [0.717, 1.165) is 11.0 Å². The third-order valence-corrected chi connectivity index (χ3v) is 2.63. The van der Waals surface area contributed by atoms with Crippen LogP contribution in [0.15, 0.2) is 18.2 Å². The highest BCUT2D eigenvalue weighted by Crippen LogP contribution is 2.16. The summed E-state index contributed by atoms with van der Waals surface area (Å²) in [5.74, 6) is -2.68. The Morgan fingerprint density at radius 2 is 1.89 bits per heavy atom. The Morgan fingerprint density at radius 1 is 1.28 bits per heavy atom. The summed E-state index contributed by atoms with van der Waals surface area (Å²) in [4.78, 5) is 35.1. The van der Waals surface area contributed by atoms with Gasteiger partial charge in [-0.15, -0.1) is 0 Å². The van der Waals surface area contributed by atoms with Crippen molar-refractivity contribution in [3.05, 3.63) is 34.6 Å². The van der Waals surface area contributed by atoms with Gasteiger partial charge in [0.25, 0.3) is 5.91 Å². The smallest absolute Gasteiger partial charge is 0.257 e. The van der Waals surface area contributed by atoms with Crippen LogP contribution in [0.4, 0.5) is 4.39 Å². The first-order valence-corrected chi connectivity index (χ1v) is 5.42. The molecule has 0 spiro atoms. The first-order valence-electron chi connectivity index (χ1n) is 5.04. The number of carbonyl (C=O) groups excluding carboxylic acids is 3. The number of nitrogens with zero attached hydrogens (tertiary/aromatic N) is 1. The highest BCUT2D eigenvalue weighted by molar-refractivity contribution is 6.30. The van der Waals surface area contributed by atoms with Crippen molar-refractivity contribution in [2.24, 2.45) is 0 Å². The Hall–Kier alpha value is -1.95. The molecule has 0 aromatic heterocycles. The van der Waals surface area contributed by atoms with E-state index in [0.29, 0.717) is 0 Å². The summed E-state index contributed by atoms with van der Waals surface area (Å²) < 4.78 is 13.5. The van der Waals surface area contributed by atoms with Crippen molar-refractivity contribution in [2.75, 3.05) is 13.1 Å². The summed E-state index contributed by atoms with van der Waals surface area (Å²) in [6, 6.07) is 3.58. The van der Waals surface area contributed by atoms with Gasteiger partial charge in [-0.1, -0.05) is 11.6 Å². The molecule has 3 amide bonds. The minimum atomic E-state index is -0.786. The lowest BCUT2D eigenvalue weighted by atomic mass is 10.1. The van der Waals surface area contributed by atoms with Crippen molar-refractivity contribution in [3.63, 3.8) is 0 Å². The van der Waals surface area contributed by atoms with Crippen molar-refractivity contribution in [2.45, 2.75) is 0 Å². The van der Waals surface area contributed by atoms with Crippen LogP contribution in [0.3, 0.4) is 0 Å². The van der Waals surface area contributed by atoms with Gasteiger partial charge in [0.2, 0.25) is 11.8 Å². The zero-order chi connectivity index (χ0) is 13.3. The number of nitrogens with one attached hydrogen (secondary N) is 1. The predicted octanol–water partition coefficient (Wildman–Crippen LogP) is 0.578. The second-order valence-electron chi connectivity index (χ2n) is 3.76. The molecule has 7 heteroatoms. The molecule has 1 N–H and O–H groups in total. The maximum absolute atomic E-state index is 13.5. The van der Waals surface area contributed by atoms with Gasteiger partial charge in [0, 0.05) is 5.02 Å². The summed E-state index contributed by atoms with van der Waals surface area (Å²) in [5.41, 5.74) is -0.220. The van der Waals surface area contributed by atoms with Crippen molar-refractivity contribution in [1.82, 2.24) is 10.2 Å². The number of rotatable bonds is 1. The van der Waals surface area contributed by atoms with Gasteiger partial charge in [0.05, 0.1) is 5.56 Å². The third kappa shape index (κ3) is 2.48. The molecule has 1 fully saturated rings. The molecule has 94 valence electrons. The zero-order valence-corrected chi connectivity index (χ0v) is 9.83. The van der Waals surface area contributed by atoms with Crippen LogP contribution < -0.4 is 5.32 Å². The molecular formula is C11H8ClFN2O3. The van der Waals surface area contributed by atoms with Crippen LogP contribution in [0.5, 0.6) is 0 Å². The monoisotopic (exact) mass is 270 g/mol. The van der Waals surface area contributed by atoms with E-state index in [4.69, 9.17) is 11.6 Å². The van der Waals surface area contributed by atoms with Gasteiger partial charge in [0.1, 0.15) is 18.9 Å². The van der Waals surface area contributed by atoms with E-state index in [-0.39, 0.29) is 23.7 Å². The lowest BCUT2D eigenvalue weighted by Crippen LogP contribution is -2.53. The molecule has 1 heterocycles. The molecule has 0 unspecified atom stereocenters. The Balaban J connectivity index is 2.25. The topological polar surface area (TPSA) is 66.5 Å². The van der Waals surface area contributed by atoms with E-state index in [2.05, 4.69) is 5.32 Å². The molecule has 0 aliphatic carbocycles. The summed E-state index contributed by atoms with van der Waals surface area (Å²) in [6.07, 6.45) is 0. The molecule has 1 saturated heterocycles. The van der Waals surface area contributed by atoms with Gasteiger partial charge in [-0.05, 0) is 18.2 Å². The third-order valence-electron chi connectivity index (χ3n) is 2.40. The highest BCUT2D eigenvalue weighted by Gasteiger charge is 2.28. The van der Waals surface area contributed by atoms with Crippen LogP contribution in [-0.4, -0.2) is 35.7 Å². The molecule has 0 radical (unpaired) electrons. The number of hydrogen-bond donors (Lipinski definition) is 1. The number of benzene rings is 1. The molecule has 2 rings (SSSR count). The predicted molar refractivity (Wildman–Crippen MR) is 60.5 cm³/mol. The maximum Gasteiger partial charge on any atom is 0.257 e. The summed E-state index contributed by atoms with van der Waals surface area (Å²) in [7, 11) is 0. The molecule has 0 saturated carbocycles. The number of amides is 3. The Bertz CT molecular complexity index is 531. The average molecular weight is 271 g/mol. The standard InChI is InChI=1S/C11H8ClFN2O3/c12-6-1-2-7(8(13)3-6)11(18)15-4-9(16)14-10(17)5-15/h1-3H,4-5H2,(H,14,16,17). The van der Waals surface area contributed by atoms with Crippen LogP contribution in [0.2, 0.25) is 5.02 Å². The molecule has 0 bridgehead atoms. The Kier molecular flexibility index (Phi) is 3.29. The SMILES string of the molecule is O=C1CN(C(=O)c2ccc(Cl)cc2F)CC(=O)N1. The zero-order valence-electron chi connectivity index (χ0n) is 9.07. The van der Waals surface area contributed by atoms with Crippen molar-refractivity contribution >= 4 is 29.3 Å². The van der Waals surface area contributed by atoms with Gasteiger partial charge in [0.15, 0.2) is 0 Å². The second-order valence-corrected chi connectivity index (χ2v) is 4.19. The molecule has 1 aliphatic rings. The van der Waals surface area contributed by atoms with Crippen LogP contribution >= 0.6 is 11.6 Å². The van der Waals surface area contributed by atoms with Gasteiger partial charge in [-0.2, -0.15) is 0 Å². The lowest BCUT2D eigenvalue weighted by Gasteiger charge is -2.25. The fourth-order valence-corrected chi connectivity index (χ4v) is 1.77. The number of piperazine rings is 1. The maximum atomic E-state index is 13.5. The van der Waals surface area contributed by atoms with Crippen LogP contribution in [-0.2, 0) is 9.59 Å². The van der Waals surface area contributed by atoms with Gasteiger partial charge < -0.3 is 4.90 Å². The van der Waals surface area contributed by atoms with Crippen molar-refractivity contribution in [3.8, 4) is 0 Å². The summed E-state index contributed by atoms with van der Waals surface area (Å²) in [5, 5.41) is 2.22. The first-order chi connectivity index (χ1) is 8.47. The molecule has 1 aromatic carbocycles. The molecule has 5 nitrogen and oxygen atoms in total. The van der Waals surface area contributed by atoms with E-state index in [9.17, 15) is 18.8 Å². The minimum Gasteiger partial charge on any atom is -0.320 e. The van der Waals surface area contributed by atoms with Gasteiger partial charge in [-0.3, -0.25) is 19.7 Å². The van der Waals surface area contributed by atoms with Gasteiger partial charge in [-0.25, -0.2) is 4.39 Å². The largest absolute Gasteiger partial charge is 0.320 e. The Labute approximate surface area is 107 Å². The Morgan fingerprint density at radius 3 is 2.44 bits per heavy atom. The van der Waals surface area contributed by atoms with E-state index >= 15 is 0 Å². The normalized spacial score (nSPS) is 15.6. The number of halogens is 2. The van der Waals surface area contributed by atoms with Crippen LogP contribution in [0.1, 0.15) is 10.4 Å². The van der Waals surface area contributed by atoms with E-state index in [1.807, 2.05) is 0 Å². The fraction of sp³-hybridized carbons (Fsp3) is 0.182. The average Bonchev–Trinajstić information content (AvgIpc) is 2.26. The molecule has 18 heavy (non-hydrogen) atoms. The fourth-order valence-electron chi connectivity index (χ4n) is 1.61. The molecular weight excluding hydrogens is 263 g/mol. The summed E-state index contributed by atoms with van der Waals surface area (Å²) >= 11 is 5.57. The molecule has 1 aliphatic heterocycles. The van der Waals surface area contributed by atoms with Crippen LogP contribution in [0, 0.1) is 5.82 Å². The van der Waals surface area contributed by atoms with E-state index in [1.165, 1.54) is 12.1 Å². The second kappa shape index (κ2) is 4.73. The van der Waals surface area contributed by atoms with Crippen molar-refractivity contribution < 1.29 is 18.8 Å². The van der Waals surface area contributed by atoms with Crippen LogP contribution in [0.25, 0.3) is 0 Å². The first kappa shape index (κ1) is 12.5. The minimum absolute atomic E-state index is 0.163. The molecule has 1 aromatic rings. The van der Waals surface area contributed by atoms with E-state index in [1.54, 1.807) is 0 Å². The van der Waals surface area contributed by atoms with Crippen molar-refractivity contribution in [1.29, 1.82) is 0 Å². The summed E-state index contributed by atoms with van der Waals surface area (Å²) in [6.45, 7) is -0.542. The highest BCUT2D eigenvalue weighted by atomic mass is 35.5. The lowest BCUT2D eigenvalue weighted by molar-refractivity contribution is -0.135. The number of hydrogen-bond acceptors (Lipinski definition) is 3.